The van der Waals surface area contributed by atoms with Crippen molar-refractivity contribution in [1.82, 2.24) is 10.3 Å². The smallest absolute Gasteiger partial charge is 0.336 e. The van der Waals surface area contributed by atoms with Crippen molar-refractivity contribution >= 4 is 39.4 Å². The number of carbonyl (C=O) groups excluding carboxylic acids is 2. The van der Waals surface area contributed by atoms with E-state index in [1.165, 1.54) is 37.4 Å². The van der Waals surface area contributed by atoms with Gasteiger partial charge in [0.15, 0.2) is 0 Å². The molecule has 1 heterocycles. The average Bonchev–Trinajstić information content (AvgIpc) is 3.44. The molecule has 14 heteroatoms. The van der Waals surface area contributed by atoms with Crippen molar-refractivity contribution in [1.29, 1.82) is 5.41 Å². The quantitative estimate of drug-likeness (QED) is 0.122. The Morgan fingerprint density at radius 1 is 1.00 bits per heavy atom. The van der Waals surface area contributed by atoms with Crippen LogP contribution in [0.1, 0.15) is 62.5 Å². The number of carbonyl (C=O) groups is 3. The highest BCUT2D eigenvalue weighted by Gasteiger charge is 2.37. The molecule has 2 aromatic carbocycles. The molecule has 226 valence electrons. The lowest BCUT2D eigenvalue weighted by Crippen LogP contribution is -2.50. The Labute approximate surface area is 248 Å². The maximum absolute atomic E-state index is 13.4. The number of anilines is 1. The van der Waals surface area contributed by atoms with Crippen molar-refractivity contribution < 1.29 is 36.8 Å². The molecule has 0 spiro atoms. The summed E-state index contributed by atoms with van der Waals surface area (Å²) in [7, 11) is -2.36. The van der Waals surface area contributed by atoms with Gasteiger partial charge in [-0.15, -0.1) is 0 Å². The summed E-state index contributed by atoms with van der Waals surface area (Å²) in [4.78, 5) is 43.3. The van der Waals surface area contributed by atoms with E-state index in [1.54, 1.807) is 24.3 Å². The van der Waals surface area contributed by atoms with Gasteiger partial charge in [0.1, 0.15) is 11.5 Å². The molecule has 0 bridgehead atoms. The van der Waals surface area contributed by atoms with Gasteiger partial charge < -0.3 is 26.2 Å². The predicted molar refractivity (Wildman–Crippen MR) is 158 cm³/mol. The molecule has 3 aromatic rings. The third-order valence-corrected chi connectivity index (χ3v) is 7.58. The van der Waals surface area contributed by atoms with Gasteiger partial charge in [-0.2, -0.15) is 8.42 Å². The van der Waals surface area contributed by atoms with Gasteiger partial charge >= 0.3 is 5.97 Å². The van der Waals surface area contributed by atoms with Crippen molar-refractivity contribution in [3.8, 4) is 17.0 Å². The van der Waals surface area contributed by atoms with E-state index in [9.17, 15) is 27.9 Å². The molecule has 2 amide bonds. The van der Waals surface area contributed by atoms with E-state index < -0.39 is 33.4 Å². The summed E-state index contributed by atoms with van der Waals surface area (Å²) in [5, 5.41) is 23.2. The number of carboxylic acids is 1. The number of pyridine rings is 1. The second-order valence-corrected chi connectivity index (χ2v) is 11.8. The van der Waals surface area contributed by atoms with Crippen molar-refractivity contribution in [2.24, 2.45) is 5.73 Å². The van der Waals surface area contributed by atoms with Gasteiger partial charge in [0.25, 0.3) is 21.9 Å². The first-order valence-corrected chi connectivity index (χ1v) is 15.0. The maximum atomic E-state index is 13.4. The molecule has 1 aliphatic rings. The highest BCUT2D eigenvalue weighted by atomic mass is 32.2. The SMILES string of the molecule is COc1ccc(-c2ccc(C(=O)NC3(COS(C)(=O)=O)CCCC3)cc2C(=O)O)c(C(=O)Nc2ccc(C(=N)N)cc2)n1. The third-order valence-electron chi connectivity index (χ3n) is 7.04. The van der Waals surface area contributed by atoms with Crippen molar-refractivity contribution in [3.05, 3.63) is 77.0 Å². The first-order chi connectivity index (χ1) is 20.3. The molecule has 0 radical (unpaired) electrons. The van der Waals surface area contributed by atoms with Crippen LogP contribution in [-0.2, 0) is 14.3 Å². The van der Waals surface area contributed by atoms with Gasteiger partial charge in [0.2, 0.25) is 5.88 Å². The standard InChI is InChI=1S/C29H31N5O8S/c1-41-23-12-11-21(24(33-23)27(36)32-19-8-5-17(6-9-19)25(30)31)20-10-7-18(15-22(20)28(37)38)26(35)34-29(13-3-4-14-29)16-42-43(2,39)40/h5-12,15H,3-4,13-14,16H2,1-2H3,(H3,30,31)(H,32,36)(H,34,35)(H,37,38). The zero-order valence-electron chi connectivity index (χ0n) is 23.5. The highest BCUT2D eigenvalue weighted by Crippen LogP contribution is 2.33. The number of nitrogens with zero attached hydrogens (tertiary/aromatic N) is 1. The van der Waals surface area contributed by atoms with Crippen LogP contribution in [0.5, 0.6) is 5.88 Å². The lowest BCUT2D eigenvalue weighted by Gasteiger charge is -2.29. The Morgan fingerprint density at radius 2 is 1.63 bits per heavy atom. The summed E-state index contributed by atoms with van der Waals surface area (Å²) in [6.07, 6.45) is 3.48. The highest BCUT2D eigenvalue weighted by molar-refractivity contribution is 7.85. The number of aromatic nitrogens is 1. The number of aromatic carboxylic acids is 1. The van der Waals surface area contributed by atoms with Crippen LogP contribution < -0.4 is 21.1 Å². The molecule has 0 unspecified atom stereocenters. The zero-order valence-corrected chi connectivity index (χ0v) is 24.3. The van der Waals surface area contributed by atoms with Crippen molar-refractivity contribution in [2.45, 2.75) is 31.2 Å². The normalized spacial score (nSPS) is 14.1. The fourth-order valence-electron chi connectivity index (χ4n) is 4.86. The number of benzene rings is 2. The third kappa shape index (κ3) is 7.53. The van der Waals surface area contributed by atoms with Gasteiger partial charge in [0, 0.05) is 28.4 Å². The Hall–Kier alpha value is -4.82. The van der Waals surface area contributed by atoms with Crippen LogP contribution in [0.3, 0.4) is 0 Å². The minimum absolute atomic E-state index is 0.0322. The van der Waals surface area contributed by atoms with Gasteiger partial charge in [-0.25, -0.2) is 9.78 Å². The van der Waals surface area contributed by atoms with E-state index in [0.717, 1.165) is 19.1 Å². The number of amides is 2. The fraction of sp³-hybridized carbons (Fsp3) is 0.276. The van der Waals surface area contributed by atoms with Crippen LogP contribution >= 0.6 is 0 Å². The molecule has 0 atom stereocenters. The molecule has 0 aliphatic heterocycles. The molecular formula is C29H31N5O8S. The second kappa shape index (κ2) is 12.6. The zero-order chi connectivity index (χ0) is 31.4. The topological polar surface area (TPSA) is 211 Å². The van der Waals surface area contributed by atoms with E-state index in [4.69, 9.17) is 20.1 Å². The molecule has 4 rings (SSSR count). The van der Waals surface area contributed by atoms with Crippen LogP contribution in [0.15, 0.2) is 54.6 Å². The minimum atomic E-state index is -3.74. The van der Waals surface area contributed by atoms with E-state index in [2.05, 4.69) is 15.6 Å². The van der Waals surface area contributed by atoms with Crippen LogP contribution in [-0.4, -0.2) is 67.6 Å². The van der Waals surface area contributed by atoms with Crippen LogP contribution in [0, 0.1) is 5.41 Å². The van der Waals surface area contributed by atoms with Crippen molar-refractivity contribution in [3.63, 3.8) is 0 Å². The van der Waals surface area contributed by atoms with E-state index >= 15 is 0 Å². The van der Waals surface area contributed by atoms with Gasteiger partial charge in [-0.1, -0.05) is 18.9 Å². The molecule has 1 fully saturated rings. The minimum Gasteiger partial charge on any atom is -0.481 e. The maximum Gasteiger partial charge on any atom is 0.336 e. The molecule has 13 nitrogen and oxygen atoms in total. The molecular weight excluding hydrogens is 578 g/mol. The molecule has 43 heavy (non-hydrogen) atoms. The lowest BCUT2D eigenvalue weighted by atomic mass is 9.94. The summed E-state index contributed by atoms with van der Waals surface area (Å²) in [6.45, 7) is -0.227. The number of nitrogens with one attached hydrogen (secondary N) is 3. The van der Waals surface area contributed by atoms with Crippen molar-refractivity contribution in [2.75, 3.05) is 25.3 Å². The Kier molecular flexibility index (Phi) is 9.11. The molecule has 0 saturated heterocycles. The summed E-state index contributed by atoms with van der Waals surface area (Å²) < 4.78 is 33.3. The lowest BCUT2D eigenvalue weighted by molar-refractivity contribution is 0.0697. The summed E-state index contributed by atoms with van der Waals surface area (Å²) in [5.41, 5.74) is 5.39. The summed E-state index contributed by atoms with van der Waals surface area (Å²) in [5.74, 6) is -2.60. The van der Waals surface area contributed by atoms with E-state index in [0.29, 0.717) is 24.1 Å². The number of methoxy groups -OCH3 is 1. The van der Waals surface area contributed by atoms with Crippen LogP contribution in [0.4, 0.5) is 5.69 Å². The first-order valence-electron chi connectivity index (χ1n) is 13.2. The number of hydrogen-bond acceptors (Lipinski definition) is 9. The van der Waals surface area contributed by atoms with E-state index in [1.807, 2.05) is 0 Å². The van der Waals surface area contributed by atoms with Gasteiger partial charge in [-0.3, -0.25) is 19.2 Å². The Morgan fingerprint density at radius 3 is 2.21 bits per heavy atom. The Balaban J connectivity index is 1.67. The van der Waals surface area contributed by atoms with Crippen LogP contribution in [0.25, 0.3) is 11.1 Å². The summed E-state index contributed by atoms with van der Waals surface area (Å²) in [6, 6.07) is 13.2. The molecule has 1 aliphatic carbocycles. The number of hydrogen-bond donors (Lipinski definition) is 5. The number of carboxylic acid groups (broad SMARTS) is 1. The molecule has 1 aromatic heterocycles. The van der Waals surface area contributed by atoms with Gasteiger partial charge in [-0.05, 0) is 60.9 Å². The average molecular weight is 610 g/mol. The number of nitrogens with two attached hydrogens (primary N) is 1. The number of nitrogen functional groups attached to an aromatic ring is 1. The first kappa shape index (κ1) is 31.1. The van der Waals surface area contributed by atoms with Crippen LogP contribution in [0.2, 0.25) is 0 Å². The second-order valence-electron chi connectivity index (χ2n) is 10.2. The molecule has 1 saturated carbocycles. The number of ether oxygens (including phenoxy) is 1. The summed E-state index contributed by atoms with van der Waals surface area (Å²) >= 11 is 0. The van der Waals surface area contributed by atoms with Gasteiger partial charge in [0.05, 0.1) is 31.1 Å². The van der Waals surface area contributed by atoms with E-state index in [-0.39, 0.29) is 46.3 Å². The Bertz CT molecular complexity index is 1680. The fourth-order valence-corrected chi connectivity index (χ4v) is 5.30. The molecule has 6 N–H and O–H groups in total. The largest absolute Gasteiger partial charge is 0.481 e. The predicted octanol–water partition coefficient (Wildman–Crippen LogP) is 3.01. The number of rotatable bonds is 11. The number of amidine groups is 1. The monoisotopic (exact) mass is 609 g/mol.